The number of carbonyl (C=O) groups excluding carboxylic acids is 1. The van der Waals surface area contributed by atoms with Gasteiger partial charge in [0.2, 0.25) is 0 Å². The molecule has 0 spiro atoms. The molecule has 0 aliphatic heterocycles. The Morgan fingerprint density at radius 3 is 2.78 bits per heavy atom. The maximum Gasteiger partial charge on any atom is 0.119 e. The number of quaternary nitrogens is 1. The van der Waals surface area contributed by atoms with E-state index in [1.807, 2.05) is 35.7 Å². The van der Waals surface area contributed by atoms with Crippen molar-refractivity contribution in [3.05, 3.63) is 52.2 Å². The SMILES string of the molecule is C[NH+](C)CCCOc1cccc(/C=C(/C(=O)[O-])c2cccs2)c1. The lowest BCUT2D eigenvalue weighted by Crippen LogP contribution is -3.05. The molecule has 0 radical (unpaired) electrons. The maximum atomic E-state index is 11.4. The van der Waals surface area contributed by atoms with Crippen LogP contribution in [0.1, 0.15) is 16.9 Å². The summed E-state index contributed by atoms with van der Waals surface area (Å²) in [5, 5.41) is 13.2. The predicted molar refractivity (Wildman–Crippen MR) is 91.4 cm³/mol. The van der Waals surface area contributed by atoms with Crippen molar-refractivity contribution in [1.82, 2.24) is 0 Å². The fourth-order valence-electron chi connectivity index (χ4n) is 2.14. The van der Waals surface area contributed by atoms with Crippen LogP contribution >= 0.6 is 11.3 Å². The molecule has 0 aliphatic carbocycles. The van der Waals surface area contributed by atoms with Crippen LogP contribution in [0.2, 0.25) is 0 Å². The van der Waals surface area contributed by atoms with E-state index in [4.69, 9.17) is 4.74 Å². The first-order valence-corrected chi connectivity index (χ1v) is 8.43. The number of thiophene rings is 1. The average molecular weight is 331 g/mol. The second kappa shape index (κ2) is 8.50. The first-order chi connectivity index (χ1) is 11.1. The first kappa shape index (κ1) is 17.2. The number of nitrogens with one attached hydrogen (secondary N) is 1. The van der Waals surface area contributed by atoms with Gasteiger partial charge in [-0.05, 0) is 35.2 Å². The molecule has 0 amide bonds. The number of carbonyl (C=O) groups is 1. The minimum Gasteiger partial charge on any atom is -0.545 e. The molecule has 23 heavy (non-hydrogen) atoms. The third-order valence-corrected chi connectivity index (χ3v) is 4.17. The summed E-state index contributed by atoms with van der Waals surface area (Å²) in [7, 11) is 4.22. The molecular weight excluding hydrogens is 310 g/mol. The van der Waals surface area contributed by atoms with Gasteiger partial charge < -0.3 is 19.5 Å². The first-order valence-electron chi connectivity index (χ1n) is 7.55. The minimum absolute atomic E-state index is 0.188. The molecule has 1 aromatic heterocycles. The van der Waals surface area contributed by atoms with E-state index in [0.717, 1.165) is 24.3 Å². The molecular formula is C18H21NO3S. The van der Waals surface area contributed by atoms with Crippen LogP contribution in [0.25, 0.3) is 11.6 Å². The van der Waals surface area contributed by atoms with Gasteiger partial charge in [-0.2, -0.15) is 0 Å². The highest BCUT2D eigenvalue weighted by Gasteiger charge is 2.05. The summed E-state index contributed by atoms with van der Waals surface area (Å²) in [6, 6.07) is 11.0. The van der Waals surface area contributed by atoms with E-state index in [-0.39, 0.29) is 5.57 Å². The van der Waals surface area contributed by atoms with Crippen molar-refractivity contribution in [2.45, 2.75) is 6.42 Å². The lowest BCUT2D eigenvalue weighted by molar-refractivity contribution is -0.858. The van der Waals surface area contributed by atoms with E-state index in [9.17, 15) is 9.90 Å². The van der Waals surface area contributed by atoms with Gasteiger partial charge in [0.05, 0.1) is 33.2 Å². The zero-order chi connectivity index (χ0) is 16.7. The van der Waals surface area contributed by atoms with Crippen molar-refractivity contribution in [3.63, 3.8) is 0 Å². The summed E-state index contributed by atoms with van der Waals surface area (Å²) < 4.78 is 5.73. The third kappa shape index (κ3) is 5.54. The Kier molecular flexibility index (Phi) is 6.38. The molecule has 1 heterocycles. The predicted octanol–water partition coefficient (Wildman–Crippen LogP) is 0.952. The monoisotopic (exact) mass is 331 g/mol. The third-order valence-electron chi connectivity index (χ3n) is 3.27. The van der Waals surface area contributed by atoms with Crippen molar-refractivity contribution in [2.75, 3.05) is 27.2 Å². The summed E-state index contributed by atoms with van der Waals surface area (Å²) in [5.41, 5.74) is 0.974. The number of carboxylic acids is 1. The molecule has 0 fully saturated rings. The van der Waals surface area contributed by atoms with Crippen LogP contribution in [0.4, 0.5) is 0 Å². The highest BCUT2D eigenvalue weighted by atomic mass is 32.1. The van der Waals surface area contributed by atoms with E-state index in [0.29, 0.717) is 11.5 Å². The average Bonchev–Trinajstić information content (AvgIpc) is 3.03. The van der Waals surface area contributed by atoms with Gasteiger partial charge in [0, 0.05) is 16.9 Å². The number of aliphatic carboxylic acids is 1. The van der Waals surface area contributed by atoms with Crippen LogP contribution in [-0.4, -0.2) is 33.2 Å². The Labute approximate surface area is 140 Å². The Morgan fingerprint density at radius 1 is 1.30 bits per heavy atom. The molecule has 1 aromatic carbocycles. The van der Waals surface area contributed by atoms with Gasteiger partial charge in [-0.3, -0.25) is 0 Å². The second-order valence-corrected chi connectivity index (χ2v) is 6.50. The Hall–Kier alpha value is -2.11. The molecule has 4 nitrogen and oxygen atoms in total. The molecule has 5 heteroatoms. The summed E-state index contributed by atoms with van der Waals surface area (Å²) in [4.78, 5) is 13.4. The van der Waals surface area contributed by atoms with E-state index < -0.39 is 5.97 Å². The molecule has 0 atom stereocenters. The number of rotatable bonds is 8. The number of carboxylic acid groups (broad SMARTS) is 1. The number of hydrogen-bond donors (Lipinski definition) is 1. The summed E-state index contributed by atoms with van der Waals surface area (Å²) in [6.45, 7) is 1.70. The molecule has 0 aliphatic rings. The van der Waals surface area contributed by atoms with E-state index >= 15 is 0 Å². The lowest BCUT2D eigenvalue weighted by Gasteiger charge is -2.10. The Bertz CT molecular complexity index is 663. The lowest BCUT2D eigenvalue weighted by atomic mass is 10.1. The standard InChI is InChI=1S/C18H21NO3S/c1-19(2)9-5-10-22-15-7-3-6-14(12-15)13-16(18(20)21)17-8-4-11-23-17/h3-4,6-8,11-13H,5,9-10H2,1-2H3,(H,20,21)/b16-13+. The van der Waals surface area contributed by atoms with Gasteiger partial charge in [0.15, 0.2) is 0 Å². The fourth-order valence-corrected chi connectivity index (χ4v) is 2.87. The molecule has 2 rings (SSSR count). The maximum absolute atomic E-state index is 11.4. The van der Waals surface area contributed by atoms with Gasteiger partial charge in [0.1, 0.15) is 5.75 Å². The van der Waals surface area contributed by atoms with Crippen LogP contribution in [0.15, 0.2) is 41.8 Å². The fraction of sp³-hybridized carbons (Fsp3) is 0.278. The molecule has 2 aromatic rings. The van der Waals surface area contributed by atoms with Crippen LogP contribution in [0.3, 0.4) is 0 Å². The molecule has 0 saturated carbocycles. The number of hydrogen-bond acceptors (Lipinski definition) is 4. The van der Waals surface area contributed by atoms with Crippen LogP contribution in [0, 0.1) is 0 Å². The zero-order valence-corrected chi connectivity index (χ0v) is 14.2. The normalized spacial score (nSPS) is 11.7. The van der Waals surface area contributed by atoms with Gasteiger partial charge in [-0.1, -0.05) is 18.2 Å². The summed E-state index contributed by atoms with van der Waals surface area (Å²) in [5.74, 6) is -0.427. The summed E-state index contributed by atoms with van der Waals surface area (Å²) in [6.07, 6.45) is 2.60. The van der Waals surface area contributed by atoms with Crippen LogP contribution < -0.4 is 14.7 Å². The molecule has 1 N–H and O–H groups in total. The number of benzene rings is 1. The number of ether oxygens (including phenoxy) is 1. The Balaban J connectivity index is 2.09. The zero-order valence-electron chi connectivity index (χ0n) is 13.4. The van der Waals surface area contributed by atoms with Gasteiger partial charge >= 0.3 is 0 Å². The molecule has 0 saturated heterocycles. The quantitative estimate of drug-likeness (QED) is 0.579. The smallest absolute Gasteiger partial charge is 0.119 e. The largest absolute Gasteiger partial charge is 0.545 e. The second-order valence-electron chi connectivity index (χ2n) is 5.55. The van der Waals surface area contributed by atoms with Gasteiger partial charge in [-0.25, -0.2) is 0 Å². The van der Waals surface area contributed by atoms with Crippen LogP contribution in [-0.2, 0) is 4.79 Å². The minimum atomic E-state index is -1.17. The molecule has 122 valence electrons. The summed E-state index contributed by atoms with van der Waals surface area (Å²) >= 11 is 1.38. The van der Waals surface area contributed by atoms with Gasteiger partial charge in [-0.15, -0.1) is 11.3 Å². The van der Waals surface area contributed by atoms with Crippen molar-refractivity contribution in [2.24, 2.45) is 0 Å². The highest BCUT2D eigenvalue weighted by Crippen LogP contribution is 2.24. The molecule has 0 bridgehead atoms. The van der Waals surface area contributed by atoms with E-state index in [1.54, 1.807) is 12.1 Å². The Morgan fingerprint density at radius 2 is 2.13 bits per heavy atom. The van der Waals surface area contributed by atoms with Crippen molar-refractivity contribution in [3.8, 4) is 5.75 Å². The van der Waals surface area contributed by atoms with Crippen molar-refractivity contribution >= 4 is 29.0 Å². The highest BCUT2D eigenvalue weighted by molar-refractivity contribution is 7.11. The van der Waals surface area contributed by atoms with E-state index in [2.05, 4.69) is 14.1 Å². The van der Waals surface area contributed by atoms with E-state index in [1.165, 1.54) is 16.2 Å². The molecule has 0 unspecified atom stereocenters. The van der Waals surface area contributed by atoms with Crippen molar-refractivity contribution in [1.29, 1.82) is 0 Å². The van der Waals surface area contributed by atoms with Crippen LogP contribution in [0.5, 0.6) is 5.75 Å². The topological polar surface area (TPSA) is 53.8 Å². The van der Waals surface area contributed by atoms with Crippen molar-refractivity contribution < 1.29 is 19.5 Å². The van der Waals surface area contributed by atoms with Gasteiger partial charge in [0.25, 0.3) is 0 Å².